The SMILES string of the molecule is [2H]C[C@H]1O[C@@H](n2ccc(NC(C)=O)nc2=O)[C@@H](O[Si](C)(C)C(C)(C)C)C1OP(OC)N(C(C)C)C(C)C. The van der Waals surface area contributed by atoms with Gasteiger partial charge in [-0.15, -0.1) is 0 Å². The molecule has 206 valence electrons. The molecular weight excluding hydrogens is 499 g/mol. The van der Waals surface area contributed by atoms with Gasteiger partial charge in [0.2, 0.25) is 5.91 Å². The van der Waals surface area contributed by atoms with Gasteiger partial charge < -0.3 is 23.5 Å². The third-order valence-electron chi connectivity index (χ3n) is 6.55. The molecule has 2 unspecified atom stereocenters. The van der Waals surface area contributed by atoms with Crippen LogP contribution in [0.15, 0.2) is 17.1 Å². The van der Waals surface area contributed by atoms with Crippen molar-refractivity contribution in [2.75, 3.05) is 12.4 Å². The molecule has 2 heterocycles. The molecule has 1 aromatic rings. The fourth-order valence-electron chi connectivity index (χ4n) is 3.83. The van der Waals surface area contributed by atoms with Crippen molar-refractivity contribution in [3.8, 4) is 0 Å². The molecule has 1 aliphatic heterocycles. The average molecular weight is 546 g/mol. The van der Waals surface area contributed by atoms with Crippen LogP contribution in [0.2, 0.25) is 18.1 Å². The van der Waals surface area contributed by atoms with E-state index in [4.69, 9.17) is 19.6 Å². The number of anilines is 1. The summed E-state index contributed by atoms with van der Waals surface area (Å²) in [5.74, 6) is -0.165. The van der Waals surface area contributed by atoms with Gasteiger partial charge in [0, 0.05) is 33.7 Å². The number of nitrogens with zero attached hydrogens (tertiary/aromatic N) is 3. The fourth-order valence-corrected chi connectivity index (χ4v) is 6.71. The quantitative estimate of drug-likeness (QED) is 0.328. The number of amides is 1. The molecule has 1 fully saturated rings. The second-order valence-corrected chi connectivity index (χ2v) is 17.4. The number of nitrogens with one attached hydrogen (secondary N) is 1. The number of aromatic nitrogens is 2. The lowest BCUT2D eigenvalue weighted by Gasteiger charge is -2.42. The van der Waals surface area contributed by atoms with Crippen LogP contribution < -0.4 is 11.0 Å². The van der Waals surface area contributed by atoms with Crippen molar-refractivity contribution in [3.05, 3.63) is 22.7 Å². The molecule has 1 aromatic heterocycles. The standard InChI is InChI=1S/C24H45N4O6PSi/c1-15(2)28(16(3)4)35(31-10)33-20-17(5)32-22(21(20)34-36(11,12)24(7,8)9)27-14-13-19(25-18(6)29)26-23(27)30/h13-17,20-22H,1-12H3,(H,25,26,29,30)/t17-,20?,21+,22-,35?/m1/s1/i5D. The Hall–Kier alpha value is -1.20. The first kappa shape index (κ1) is 29.4. The van der Waals surface area contributed by atoms with E-state index < -0.39 is 47.1 Å². The predicted molar refractivity (Wildman–Crippen MR) is 145 cm³/mol. The lowest BCUT2D eigenvalue weighted by Crippen LogP contribution is -2.50. The van der Waals surface area contributed by atoms with Crippen LogP contribution in [0.25, 0.3) is 0 Å². The summed E-state index contributed by atoms with van der Waals surface area (Å²) in [5.41, 5.74) is -0.593. The van der Waals surface area contributed by atoms with Gasteiger partial charge in [-0.3, -0.25) is 9.36 Å². The molecule has 1 amide bonds. The summed E-state index contributed by atoms with van der Waals surface area (Å²) in [6.07, 6.45) is -1.30. The van der Waals surface area contributed by atoms with E-state index in [0.717, 1.165) is 0 Å². The lowest BCUT2D eigenvalue weighted by molar-refractivity contribution is -0.114. The van der Waals surface area contributed by atoms with Gasteiger partial charge in [-0.1, -0.05) is 20.8 Å². The zero-order chi connectivity index (χ0) is 28.3. The normalized spacial score (nSPS) is 24.4. The van der Waals surface area contributed by atoms with Crippen LogP contribution in [0.1, 0.15) is 69.9 Å². The first-order chi connectivity index (χ1) is 17.0. The van der Waals surface area contributed by atoms with Gasteiger partial charge >= 0.3 is 5.69 Å². The van der Waals surface area contributed by atoms with E-state index in [9.17, 15) is 9.59 Å². The van der Waals surface area contributed by atoms with Crippen LogP contribution in [0.4, 0.5) is 5.82 Å². The molecule has 0 saturated carbocycles. The van der Waals surface area contributed by atoms with Crippen molar-refractivity contribution in [2.45, 2.75) is 117 Å². The van der Waals surface area contributed by atoms with E-state index in [-0.39, 0.29) is 35.7 Å². The molecule has 10 nitrogen and oxygen atoms in total. The number of rotatable bonds is 10. The number of ether oxygens (including phenoxy) is 1. The molecular formula is C24H45N4O6PSi. The number of carbonyl (C=O) groups excluding carboxylic acids is 1. The highest BCUT2D eigenvalue weighted by atomic mass is 31.2. The van der Waals surface area contributed by atoms with E-state index in [1.54, 1.807) is 13.2 Å². The van der Waals surface area contributed by atoms with Crippen molar-refractivity contribution in [1.82, 2.24) is 14.2 Å². The summed E-state index contributed by atoms with van der Waals surface area (Å²) < 4.78 is 37.3. The van der Waals surface area contributed by atoms with Gasteiger partial charge in [-0.05, 0) is 58.8 Å². The molecule has 1 aliphatic rings. The topological polar surface area (TPSA) is 104 Å². The summed E-state index contributed by atoms with van der Waals surface area (Å²) in [5, 5.41) is 2.41. The van der Waals surface area contributed by atoms with Gasteiger partial charge in [-0.25, -0.2) is 9.46 Å². The van der Waals surface area contributed by atoms with Crippen molar-refractivity contribution in [3.63, 3.8) is 0 Å². The first-order valence-corrected chi connectivity index (χ1v) is 16.4. The summed E-state index contributed by atoms with van der Waals surface area (Å²) in [4.78, 5) is 28.5. The van der Waals surface area contributed by atoms with Crippen molar-refractivity contribution in [2.24, 2.45) is 0 Å². The van der Waals surface area contributed by atoms with Gasteiger partial charge in [0.1, 0.15) is 18.0 Å². The zero-order valence-corrected chi connectivity index (χ0v) is 25.5. The smallest absolute Gasteiger partial charge is 0.351 e. The number of hydrogen-bond acceptors (Lipinski definition) is 8. The first-order valence-electron chi connectivity index (χ1n) is 13.0. The third kappa shape index (κ3) is 7.21. The van der Waals surface area contributed by atoms with E-state index in [1.165, 1.54) is 17.7 Å². The molecule has 1 N–H and O–H groups in total. The molecule has 12 heteroatoms. The highest BCUT2D eigenvalue weighted by Gasteiger charge is 2.52. The van der Waals surface area contributed by atoms with Crippen LogP contribution in [-0.2, 0) is 23.0 Å². The van der Waals surface area contributed by atoms with Gasteiger partial charge in [0.25, 0.3) is 8.53 Å². The molecule has 2 rings (SSSR count). The molecule has 0 radical (unpaired) electrons. The maximum atomic E-state index is 13.0. The van der Waals surface area contributed by atoms with E-state index in [0.29, 0.717) is 0 Å². The molecule has 1 saturated heterocycles. The van der Waals surface area contributed by atoms with Gasteiger partial charge in [0.05, 0.1) is 6.10 Å². The molecule has 36 heavy (non-hydrogen) atoms. The molecule has 0 aliphatic carbocycles. The fraction of sp³-hybridized carbons (Fsp3) is 0.792. The predicted octanol–water partition coefficient (Wildman–Crippen LogP) is 4.89. The Morgan fingerprint density at radius 2 is 1.89 bits per heavy atom. The van der Waals surface area contributed by atoms with Crippen molar-refractivity contribution < 1.29 is 24.4 Å². The zero-order valence-electron chi connectivity index (χ0n) is 24.6. The minimum absolute atomic E-state index is 0.0824. The number of hydrogen-bond donors (Lipinski definition) is 1. The maximum absolute atomic E-state index is 13.0. The maximum Gasteiger partial charge on any atom is 0.351 e. The summed E-state index contributed by atoms with van der Waals surface area (Å²) in [6.45, 7) is 20.3. The van der Waals surface area contributed by atoms with Crippen molar-refractivity contribution in [1.29, 1.82) is 0 Å². The summed E-state index contributed by atoms with van der Waals surface area (Å²) in [6, 6.07) is 1.86. The van der Waals surface area contributed by atoms with Crippen LogP contribution in [0, 0.1) is 0 Å². The number of carbonyl (C=O) groups is 1. The van der Waals surface area contributed by atoms with E-state index in [2.05, 4.69) is 76.5 Å². The Morgan fingerprint density at radius 3 is 2.33 bits per heavy atom. The van der Waals surface area contributed by atoms with Crippen LogP contribution >= 0.6 is 8.53 Å². The van der Waals surface area contributed by atoms with Gasteiger partial charge in [-0.2, -0.15) is 4.98 Å². The highest BCUT2D eigenvalue weighted by Crippen LogP contribution is 2.50. The van der Waals surface area contributed by atoms with Crippen LogP contribution in [0.3, 0.4) is 0 Å². The third-order valence-corrected chi connectivity index (χ3v) is 13.1. The Morgan fingerprint density at radius 1 is 1.28 bits per heavy atom. The second-order valence-electron chi connectivity index (χ2n) is 11.1. The molecule has 0 spiro atoms. The molecule has 0 bridgehead atoms. The Balaban J connectivity index is 2.56. The average Bonchev–Trinajstić information content (AvgIpc) is 3.07. The minimum Gasteiger partial charge on any atom is -0.407 e. The monoisotopic (exact) mass is 545 g/mol. The van der Waals surface area contributed by atoms with E-state index in [1.807, 2.05) is 0 Å². The molecule has 0 aromatic carbocycles. The Labute approximate surface area is 219 Å². The van der Waals surface area contributed by atoms with Crippen LogP contribution in [-0.4, -0.2) is 66.0 Å². The highest BCUT2D eigenvalue weighted by molar-refractivity contribution is 7.44. The van der Waals surface area contributed by atoms with Crippen molar-refractivity contribution >= 4 is 28.6 Å². The lowest BCUT2D eigenvalue weighted by atomic mass is 10.1. The Kier molecular flexibility index (Phi) is 9.87. The summed E-state index contributed by atoms with van der Waals surface area (Å²) in [7, 11) is -2.25. The van der Waals surface area contributed by atoms with Crippen LogP contribution in [0.5, 0.6) is 0 Å². The van der Waals surface area contributed by atoms with Gasteiger partial charge in [0.15, 0.2) is 14.5 Å². The largest absolute Gasteiger partial charge is 0.407 e. The second kappa shape index (κ2) is 12.1. The van der Waals surface area contributed by atoms with E-state index >= 15 is 0 Å². The Bertz CT molecular complexity index is 965. The minimum atomic E-state index is -2.37. The molecule has 5 atom stereocenters. The summed E-state index contributed by atoms with van der Waals surface area (Å²) >= 11 is 0.